The van der Waals surface area contributed by atoms with E-state index in [2.05, 4.69) is 19.2 Å². The molecule has 13 heavy (non-hydrogen) atoms. The number of nitrogens with one attached hydrogen (secondary N) is 1. The molecule has 0 aromatic heterocycles. The Morgan fingerprint density at radius 3 is 2.62 bits per heavy atom. The number of benzene rings is 1. The summed E-state index contributed by atoms with van der Waals surface area (Å²) in [6.07, 6.45) is 0. The molecule has 0 aliphatic rings. The maximum atomic E-state index is 9.15. The molecule has 0 fully saturated rings. The van der Waals surface area contributed by atoms with Gasteiger partial charge in [-0.05, 0) is 17.7 Å². The van der Waals surface area contributed by atoms with Crippen LogP contribution in [0.5, 0.6) is 5.75 Å². The van der Waals surface area contributed by atoms with E-state index in [0.29, 0.717) is 11.8 Å². The smallest absolute Gasteiger partial charge is 0.115 e. The fourth-order valence-corrected chi connectivity index (χ4v) is 0.988. The number of hydrogen-bond donors (Lipinski definition) is 2. The van der Waals surface area contributed by atoms with Gasteiger partial charge in [-0.15, -0.1) is 12.4 Å². The van der Waals surface area contributed by atoms with Crippen LogP contribution in [-0.2, 0) is 6.54 Å². The summed E-state index contributed by atoms with van der Waals surface area (Å²) < 4.78 is 0. The van der Waals surface area contributed by atoms with E-state index in [9.17, 15) is 0 Å². The van der Waals surface area contributed by atoms with E-state index in [1.807, 2.05) is 12.1 Å². The Hall–Kier alpha value is -0.730. The predicted octanol–water partition coefficient (Wildman–Crippen LogP) is 2.31. The average molecular weight is 202 g/mol. The van der Waals surface area contributed by atoms with Gasteiger partial charge in [0, 0.05) is 12.6 Å². The van der Waals surface area contributed by atoms with Gasteiger partial charge in [-0.3, -0.25) is 0 Å². The van der Waals surface area contributed by atoms with Crippen molar-refractivity contribution >= 4 is 12.4 Å². The lowest BCUT2D eigenvalue weighted by molar-refractivity contribution is 0.473. The van der Waals surface area contributed by atoms with Crippen LogP contribution in [0, 0.1) is 0 Å². The van der Waals surface area contributed by atoms with Crippen molar-refractivity contribution < 1.29 is 5.11 Å². The fraction of sp³-hybridized carbons (Fsp3) is 0.400. The monoisotopic (exact) mass is 201 g/mol. The quantitative estimate of drug-likeness (QED) is 0.787. The topological polar surface area (TPSA) is 32.3 Å². The molecule has 1 aromatic rings. The molecule has 0 radical (unpaired) electrons. The molecule has 0 unspecified atom stereocenters. The molecular weight excluding hydrogens is 186 g/mol. The van der Waals surface area contributed by atoms with E-state index in [1.54, 1.807) is 12.1 Å². The van der Waals surface area contributed by atoms with Crippen LogP contribution in [0.3, 0.4) is 0 Å². The molecule has 0 heterocycles. The molecule has 0 saturated heterocycles. The molecule has 0 spiro atoms. The first-order chi connectivity index (χ1) is 5.68. The second kappa shape index (κ2) is 5.84. The van der Waals surface area contributed by atoms with E-state index in [0.717, 1.165) is 12.1 Å². The molecule has 3 heteroatoms. The third-order valence-electron chi connectivity index (χ3n) is 1.62. The van der Waals surface area contributed by atoms with Crippen molar-refractivity contribution in [3.05, 3.63) is 29.8 Å². The standard InChI is InChI=1S/C10H15NO.ClH/c1-8(2)11-7-9-4-3-5-10(12)6-9;/h3-6,8,11-12H,7H2,1-2H3;1H. The summed E-state index contributed by atoms with van der Waals surface area (Å²) in [7, 11) is 0. The number of rotatable bonds is 3. The van der Waals surface area contributed by atoms with Gasteiger partial charge in [0.05, 0.1) is 0 Å². The number of phenols is 1. The Morgan fingerprint density at radius 1 is 1.38 bits per heavy atom. The molecule has 0 bridgehead atoms. The Balaban J connectivity index is 0.00000144. The summed E-state index contributed by atoms with van der Waals surface area (Å²) in [5.74, 6) is 0.332. The van der Waals surface area contributed by atoms with Crippen molar-refractivity contribution in [1.82, 2.24) is 5.32 Å². The number of hydrogen-bond acceptors (Lipinski definition) is 2. The summed E-state index contributed by atoms with van der Waals surface area (Å²) in [5, 5.41) is 12.4. The number of aromatic hydroxyl groups is 1. The van der Waals surface area contributed by atoms with Gasteiger partial charge in [0.1, 0.15) is 5.75 Å². The van der Waals surface area contributed by atoms with Crippen LogP contribution < -0.4 is 5.32 Å². The Kier molecular flexibility index (Phi) is 5.51. The zero-order valence-corrected chi connectivity index (χ0v) is 8.77. The molecule has 2 nitrogen and oxygen atoms in total. The van der Waals surface area contributed by atoms with E-state index in [-0.39, 0.29) is 12.4 Å². The highest BCUT2D eigenvalue weighted by Gasteiger charge is 1.95. The molecular formula is C10H16ClNO. The lowest BCUT2D eigenvalue weighted by atomic mass is 10.2. The Labute approximate surface area is 85.4 Å². The number of phenolic OH excluding ortho intramolecular Hbond substituents is 1. The molecule has 0 amide bonds. The van der Waals surface area contributed by atoms with Crippen molar-refractivity contribution in [2.24, 2.45) is 0 Å². The Morgan fingerprint density at radius 2 is 2.08 bits per heavy atom. The first-order valence-electron chi connectivity index (χ1n) is 4.20. The molecule has 0 aliphatic heterocycles. The minimum absolute atomic E-state index is 0. The van der Waals surface area contributed by atoms with Crippen LogP contribution in [-0.4, -0.2) is 11.1 Å². The van der Waals surface area contributed by atoms with Gasteiger partial charge in [0.25, 0.3) is 0 Å². The minimum atomic E-state index is 0. The molecule has 1 aromatic carbocycles. The maximum Gasteiger partial charge on any atom is 0.115 e. The molecule has 0 aliphatic carbocycles. The number of halogens is 1. The summed E-state index contributed by atoms with van der Waals surface area (Å²) >= 11 is 0. The largest absolute Gasteiger partial charge is 0.508 e. The van der Waals surface area contributed by atoms with E-state index < -0.39 is 0 Å². The van der Waals surface area contributed by atoms with Crippen molar-refractivity contribution in [2.75, 3.05) is 0 Å². The summed E-state index contributed by atoms with van der Waals surface area (Å²) in [6.45, 7) is 5.01. The van der Waals surface area contributed by atoms with Crippen LogP contribution in [0.15, 0.2) is 24.3 Å². The van der Waals surface area contributed by atoms with Gasteiger partial charge in [-0.2, -0.15) is 0 Å². The van der Waals surface area contributed by atoms with Crippen LogP contribution in [0.2, 0.25) is 0 Å². The summed E-state index contributed by atoms with van der Waals surface area (Å²) in [4.78, 5) is 0. The van der Waals surface area contributed by atoms with E-state index in [1.165, 1.54) is 0 Å². The van der Waals surface area contributed by atoms with Crippen molar-refractivity contribution in [3.63, 3.8) is 0 Å². The van der Waals surface area contributed by atoms with Gasteiger partial charge < -0.3 is 10.4 Å². The zero-order chi connectivity index (χ0) is 8.97. The highest BCUT2D eigenvalue weighted by Crippen LogP contribution is 2.10. The lowest BCUT2D eigenvalue weighted by Gasteiger charge is -2.07. The minimum Gasteiger partial charge on any atom is -0.508 e. The van der Waals surface area contributed by atoms with Crippen molar-refractivity contribution in [3.8, 4) is 5.75 Å². The fourth-order valence-electron chi connectivity index (χ4n) is 0.988. The van der Waals surface area contributed by atoms with Gasteiger partial charge in [-0.25, -0.2) is 0 Å². The molecule has 1 rings (SSSR count). The van der Waals surface area contributed by atoms with Gasteiger partial charge in [-0.1, -0.05) is 26.0 Å². The second-order valence-electron chi connectivity index (χ2n) is 3.21. The lowest BCUT2D eigenvalue weighted by Crippen LogP contribution is -2.21. The van der Waals surface area contributed by atoms with Crippen LogP contribution in [0.25, 0.3) is 0 Å². The Bertz CT molecular complexity index is 250. The van der Waals surface area contributed by atoms with Crippen molar-refractivity contribution in [1.29, 1.82) is 0 Å². The summed E-state index contributed by atoms with van der Waals surface area (Å²) in [5.41, 5.74) is 1.11. The third-order valence-corrected chi connectivity index (χ3v) is 1.62. The highest BCUT2D eigenvalue weighted by atomic mass is 35.5. The molecule has 0 saturated carbocycles. The second-order valence-corrected chi connectivity index (χ2v) is 3.21. The van der Waals surface area contributed by atoms with Gasteiger partial charge in [0.2, 0.25) is 0 Å². The molecule has 74 valence electrons. The van der Waals surface area contributed by atoms with Gasteiger partial charge >= 0.3 is 0 Å². The third kappa shape index (κ3) is 4.76. The SMILES string of the molecule is CC(C)NCc1cccc(O)c1.Cl. The van der Waals surface area contributed by atoms with Crippen LogP contribution in [0.1, 0.15) is 19.4 Å². The van der Waals surface area contributed by atoms with Crippen LogP contribution in [0.4, 0.5) is 0 Å². The van der Waals surface area contributed by atoms with Gasteiger partial charge in [0.15, 0.2) is 0 Å². The van der Waals surface area contributed by atoms with E-state index in [4.69, 9.17) is 5.11 Å². The normalized spacial score (nSPS) is 9.77. The van der Waals surface area contributed by atoms with Crippen molar-refractivity contribution in [2.45, 2.75) is 26.4 Å². The van der Waals surface area contributed by atoms with E-state index >= 15 is 0 Å². The van der Waals surface area contributed by atoms with Crippen LogP contribution >= 0.6 is 12.4 Å². The maximum absolute atomic E-state index is 9.15. The predicted molar refractivity (Wildman–Crippen MR) is 57.3 cm³/mol. The highest BCUT2D eigenvalue weighted by molar-refractivity contribution is 5.85. The zero-order valence-electron chi connectivity index (χ0n) is 7.95. The molecule has 0 atom stereocenters. The first-order valence-corrected chi connectivity index (χ1v) is 4.20. The average Bonchev–Trinajstić information content (AvgIpc) is 2.01. The summed E-state index contributed by atoms with van der Waals surface area (Å²) in [6, 6.07) is 7.78. The molecule has 2 N–H and O–H groups in total. The first kappa shape index (κ1) is 12.3.